The highest BCUT2D eigenvalue weighted by atomic mass is 16.3. The molecule has 4 fully saturated rings. The van der Waals surface area contributed by atoms with Crippen LogP contribution in [0, 0.1) is 34.5 Å². The molecule has 4 aliphatic rings. The van der Waals surface area contributed by atoms with Gasteiger partial charge in [-0.3, -0.25) is 0 Å². The molecule has 2 aromatic rings. The molecule has 29 heavy (non-hydrogen) atoms. The van der Waals surface area contributed by atoms with Gasteiger partial charge in [0, 0.05) is 6.04 Å². The summed E-state index contributed by atoms with van der Waals surface area (Å²) in [5.74, 6) is 3.39. The van der Waals surface area contributed by atoms with Gasteiger partial charge < -0.3 is 9.67 Å². The van der Waals surface area contributed by atoms with Gasteiger partial charge in [-0.15, -0.1) is 0 Å². The van der Waals surface area contributed by atoms with Gasteiger partial charge in [-0.2, -0.15) is 0 Å². The second kappa shape index (κ2) is 6.33. The third-order valence-electron chi connectivity index (χ3n) is 10.4. The second-order valence-corrected chi connectivity index (χ2v) is 11.4. The summed E-state index contributed by atoms with van der Waals surface area (Å²) in [5.41, 5.74) is 3.34. The first kappa shape index (κ1) is 18.4. The molecule has 4 aliphatic carbocycles. The van der Waals surface area contributed by atoms with Crippen molar-refractivity contribution in [1.29, 1.82) is 0 Å². The van der Waals surface area contributed by atoms with E-state index in [1.165, 1.54) is 50.5 Å². The maximum atomic E-state index is 10.3. The normalized spacial score (nSPS) is 46.9. The molecule has 4 saturated carbocycles. The van der Waals surface area contributed by atoms with Crippen molar-refractivity contribution in [3.8, 4) is 0 Å². The van der Waals surface area contributed by atoms with Crippen molar-refractivity contribution in [1.82, 2.24) is 9.55 Å². The van der Waals surface area contributed by atoms with Crippen LogP contribution in [-0.2, 0) is 0 Å². The summed E-state index contributed by atoms with van der Waals surface area (Å²) in [6, 6.07) is 9.26. The molecule has 0 aliphatic heterocycles. The van der Waals surface area contributed by atoms with E-state index in [9.17, 15) is 5.11 Å². The third kappa shape index (κ3) is 2.49. The minimum atomic E-state index is -0.0381. The van der Waals surface area contributed by atoms with Crippen LogP contribution in [0.3, 0.4) is 0 Å². The molecule has 4 unspecified atom stereocenters. The molecule has 6 rings (SSSR count). The SMILES string of the molecule is C[C@]12CCC3C(CC[C@@H]4C[C@H](O)CC[C@]34C)C1CCC2n1cnc2ccccc21. The van der Waals surface area contributed by atoms with Crippen molar-refractivity contribution >= 4 is 11.0 Å². The summed E-state index contributed by atoms with van der Waals surface area (Å²) < 4.78 is 2.53. The van der Waals surface area contributed by atoms with Crippen molar-refractivity contribution in [3.63, 3.8) is 0 Å². The molecule has 3 heteroatoms. The molecule has 0 amide bonds. The Kier molecular flexibility index (Phi) is 4.02. The lowest BCUT2D eigenvalue weighted by molar-refractivity contribution is -0.125. The zero-order valence-corrected chi connectivity index (χ0v) is 18.1. The molecule has 0 saturated heterocycles. The Labute approximate surface area is 174 Å². The lowest BCUT2D eigenvalue weighted by Gasteiger charge is -2.61. The Hall–Kier alpha value is -1.35. The van der Waals surface area contributed by atoms with E-state index in [1.54, 1.807) is 0 Å². The van der Waals surface area contributed by atoms with E-state index in [1.807, 2.05) is 0 Å². The molecular formula is C26H36N2O. The van der Waals surface area contributed by atoms with Gasteiger partial charge in [0.2, 0.25) is 0 Å². The summed E-state index contributed by atoms with van der Waals surface area (Å²) in [6.07, 6.45) is 13.6. The number of imidazole rings is 1. The number of hydrogen-bond acceptors (Lipinski definition) is 2. The Morgan fingerprint density at radius 3 is 2.62 bits per heavy atom. The van der Waals surface area contributed by atoms with Gasteiger partial charge in [-0.1, -0.05) is 26.0 Å². The highest BCUT2D eigenvalue weighted by Crippen LogP contribution is 2.68. The summed E-state index contributed by atoms with van der Waals surface area (Å²) in [5, 5.41) is 10.3. The first-order chi connectivity index (χ1) is 14.0. The van der Waals surface area contributed by atoms with Crippen LogP contribution >= 0.6 is 0 Å². The van der Waals surface area contributed by atoms with Gasteiger partial charge >= 0.3 is 0 Å². The molecule has 1 heterocycles. The average Bonchev–Trinajstić information content (AvgIpc) is 3.29. The molecule has 156 valence electrons. The van der Waals surface area contributed by atoms with Crippen LogP contribution in [0.2, 0.25) is 0 Å². The topological polar surface area (TPSA) is 38.0 Å². The van der Waals surface area contributed by atoms with Crippen molar-refractivity contribution in [3.05, 3.63) is 30.6 Å². The van der Waals surface area contributed by atoms with Gasteiger partial charge in [-0.25, -0.2) is 4.98 Å². The van der Waals surface area contributed by atoms with Crippen molar-refractivity contribution in [2.24, 2.45) is 34.5 Å². The van der Waals surface area contributed by atoms with E-state index in [2.05, 4.69) is 49.0 Å². The maximum Gasteiger partial charge on any atom is 0.0961 e. The number of benzene rings is 1. The van der Waals surface area contributed by atoms with Crippen molar-refractivity contribution < 1.29 is 5.11 Å². The molecule has 1 N–H and O–H groups in total. The molecule has 3 nitrogen and oxygen atoms in total. The predicted molar refractivity (Wildman–Crippen MR) is 117 cm³/mol. The standard InChI is InChI=1S/C26H36N2O/c1-25-13-11-18(29)15-17(25)7-8-19-20-9-10-24(26(20,2)14-12-21(19)25)28-16-27-22-5-3-4-6-23(22)28/h3-6,16-21,24,29H,7-15H2,1-2H3/t17-,18-,19?,20?,21?,24?,25+,26+/m1/s1. The summed E-state index contributed by atoms with van der Waals surface area (Å²) in [6.45, 7) is 5.21. The number of aliphatic hydroxyl groups excluding tert-OH is 1. The van der Waals surface area contributed by atoms with Crippen LogP contribution in [0.15, 0.2) is 30.6 Å². The van der Waals surface area contributed by atoms with Gasteiger partial charge in [0.25, 0.3) is 0 Å². The number of nitrogens with zero attached hydrogens (tertiary/aromatic N) is 2. The minimum Gasteiger partial charge on any atom is -0.393 e. The van der Waals surface area contributed by atoms with Crippen LogP contribution in [0.5, 0.6) is 0 Å². The highest BCUT2D eigenvalue weighted by Gasteiger charge is 2.60. The Morgan fingerprint density at radius 1 is 0.931 bits per heavy atom. The quantitative estimate of drug-likeness (QED) is 0.648. The minimum absolute atomic E-state index is 0.0381. The van der Waals surface area contributed by atoms with E-state index >= 15 is 0 Å². The first-order valence-corrected chi connectivity index (χ1v) is 12.1. The molecule has 0 bridgehead atoms. The summed E-state index contributed by atoms with van der Waals surface area (Å²) >= 11 is 0. The smallest absolute Gasteiger partial charge is 0.0961 e. The fraction of sp³-hybridized carbons (Fsp3) is 0.731. The fourth-order valence-corrected chi connectivity index (χ4v) is 8.89. The van der Waals surface area contributed by atoms with E-state index in [4.69, 9.17) is 4.98 Å². The van der Waals surface area contributed by atoms with E-state index < -0.39 is 0 Å². The van der Waals surface area contributed by atoms with Crippen molar-refractivity contribution in [2.45, 2.75) is 83.8 Å². The number of aliphatic hydroxyl groups is 1. The lowest BCUT2D eigenvalue weighted by Crippen LogP contribution is -2.54. The van der Waals surface area contributed by atoms with Crippen LogP contribution in [-0.4, -0.2) is 20.8 Å². The number of rotatable bonds is 1. The molecular weight excluding hydrogens is 356 g/mol. The lowest BCUT2D eigenvalue weighted by atomic mass is 9.45. The summed E-state index contributed by atoms with van der Waals surface area (Å²) in [7, 11) is 0. The number of hydrogen-bond donors (Lipinski definition) is 1. The highest BCUT2D eigenvalue weighted by molar-refractivity contribution is 5.75. The molecule has 0 spiro atoms. The van der Waals surface area contributed by atoms with Crippen LogP contribution in [0.4, 0.5) is 0 Å². The molecule has 0 radical (unpaired) electrons. The number of fused-ring (bicyclic) bond motifs is 6. The summed E-state index contributed by atoms with van der Waals surface area (Å²) in [4.78, 5) is 4.72. The van der Waals surface area contributed by atoms with Gasteiger partial charge in [0.15, 0.2) is 0 Å². The Balaban J connectivity index is 1.33. The first-order valence-electron chi connectivity index (χ1n) is 12.1. The average molecular weight is 393 g/mol. The monoisotopic (exact) mass is 392 g/mol. The van der Waals surface area contributed by atoms with E-state index in [0.29, 0.717) is 16.9 Å². The molecule has 1 aromatic carbocycles. The number of para-hydroxylation sites is 2. The van der Waals surface area contributed by atoms with E-state index in [0.717, 1.165) is 42.0 Å². The van der Waals surface area contributed by atoms with Crippen molar-refractivity contribution in [2.75, 3.05) is 0 Å². The zero-order chi connectivity index (χ0) is 19.8. The van der Waals surface area contributed by atoms with Gasteiger partial charge in [0.1, 0.15) is 0 Å². The zero-order valence-electron chi connectivity index (χ0n) is 18.1. The molecule has 1 aromatic heterocycles. The van der Waals surface area contributed by atoms with Crippen LogP contribution in [0.1, 0.15) is 77.7 Å². The fourth-order valence-electron chi connectivity index (χ4n) is 8.89. The molecule has 8 atom stereocenters. The predicted octanol–water partition coefficient (Wildman–Crippen LogP) is 5.98. The van der Waals surface area contributed by atoms with E-state index in [-0.39, 0.29) is 6.10 Å². The largest absolute Gasteiger partial charge is 0.393 e. The van der Waals surface area contributed by atoms with Gasteiger partial charge in [0.05, 0.1) is 23.5 Å². The second-order valence-electron chi connectivity index (χ2n) is 11.4. The Bertz CT molecular complexity index is 920. The third-order valence-corrected chi connectivity index (χ3v) is 10.4. The Morgan fingerprint density at radius 2 is 1.72 bits per heavy atom. The van der Waals surface area contributed by atoms with Gasteiger partial charge in [-0.05, 0) is 104 Å². The number of aromatic nitrogens is 2. The maximum absolute atomic E-state index is 10.3. The van der Waals surface area contributed by atoms with Crippen LogP contribution < -0.4 is 0 Å². The van der Waals surface area contributed by atoms with Crippen LogP contribution in [0.25, 0.3) is 11.0 Å².